The first kappa shape index (κ1) is 23.5. The van der Waals surface area contributed by atoms with E-state index in [0.29, 0.717) is 23.1 Å². The lowest BCUT2D eigenvalue weighted by molar-refractivity contribution is -0.134. The van der Waals surface area contributed by atoms with Crippen LogP contribution in [-0.4, -0.2) is 56.4 Å². The van der Waals surface area contributed by atoms with Crippen LogP contribution in [0.2, 0.25) is 0 Å². The smallest absolute Gasteiger partial charge is 0.239 e. The van der Waals surface area contributed by atoms with E-state index in [4.69, 9.17) is 0 Å². The number of amides is 2. The molecule has 0 bridgehead atoms. The Hall–Kier alpha value is -3.20. The summed E-state index contributed by atoms with van der Waals surface area (Å²) in [4.78, 5) is 26.3. The second kappa shape index (κ2) is 10.9. The number of benzene rings is 2. The Labute approximate surface area is 191 Å². The number of hydrogen-bond donors (Lipinski definition) is 1. The van der Waals surface area contributed by atoms with Crippen LogP contribution in [0.1, 0.15) is 20.8 Å². The average Bonchev–Trinajstić information content (AvgIpc) is 3.20. The second-order valence-electron chi connectivity index (χ2n) is 7.40. The molecule has 0 fully saturated rings. The molecule has 0 aliphatic rings. The largest absolute Gasteiger partial charge is 0.352 e. The fraction of sp³-hybridized carbons (Fsp3) is 0.304. The topological polar surface area (TPSA) is 80.1 Å². The summed E-state index contributed by atoms with van der Waals surface area (Å²) < 4.78 is 15.2. The van der Waals surface area contributed by atoms with Gasteiger partial charge in [0.2, 0.25) is 11.8 Å². The van der Waals surface area contributed by atoms with Gasteiger partial charge in [-0.3, -0.25) is 14.2 Å². The normalized spacial score (nSPS) is 10.9. The van der Waals surface area contributed by atoms with E-state index in [1.165, 1.54) is 28.8 Å². The van der Waals surface area contributed by atoms with Gasteiger partial charge in [0.15, 0.2) is 11.0 Å². The van der Waals surface area contributed by atoms with Gasteiger partial charge >= 0.3 is 0 Å². The van der Waals surface area contributed by atoms with Crippen molar-refractivity contribution in [3.05, 3.63) is 60.4 Å². The van der Waals surface area contributed by atoms with Gasteiger partial charge in [-0.2, -0.15) is 0 Å². The van der Waals surface area contributed by atoms with Gasteiger partial charge in [-0.25, -0.2) is 4.39 Å². The first-order chi connectivity index (χ1) is 15.4. The van der Waals surface area contributed by atoms with Crippen molar-refractivity contribution in [3.8, 4) is 17.1 Å². The zero-order valence-corrected chi connectivity index (χ0v) is 19.1. The van der Waals surface area contributed by atoms with Crippen molar-refractivity contribution in [2.45, 2.75) is 32.0 Å². The predicted octanol–water partition coefficient (Wildman–Crippen LogP) is 3.54. The van der Waals surface area contributed by atoms with Crippen molar-refractivity contribution in [1.82, 2.24) is 25.0 Å². The Morgan fingerprint density at radius 1 is 1.09 bits per heavy atom. The van der Waals surface area contributed by atoms with E-state index in [-0.39, 0.29) is 36.0 Å². The molecule has 0 unspecified atom stereocenters. The van der Waals surface area contributed by atoms with Crippen LogP contribution in [-0.2, 0) is 9.59 Å². The molecule has 1 N–H and O–H groups in total. The minimum Gasteiger partial charge on any atom is -0.352 e. The van der Waals surface area contributed by atoms with Crippen LogP contribution in [0.5, 0.6) is 0 Å². The van der Waals surface area contributed by atoms with Crippen LogP contribution < -0.4 is 5.32 Å². The summed E-state index contributed by atoms with van der Waals surface area (Å²) in [5, 5.41) is 11.9. The number of aromatic nitrogens is 3. The Morgan fingerprint density at radius 2 is 1.78 bits per heavy atom. The molecule has 0 saturated carbocycles. The van der Waals surface area contributed by atoms with E-state index in [1.54, 1.807) is 12.1 Å². The molecule has 168 valence electrons. The molecule has 2 aromatic carbocycles. The molecule has 3 rings (SSSR count). The lowest BCUT2D eigenvalue weighted by atomic mass is 10.2. The van der Waals surface area contributed by atoms with Gasteiger partial charge in [0.1, 0.15) is 5.82 Å². The molecule has 9 heteroatoms. The number of carbonyl (C=O) groups is 2. The number of carbonyl (C=O) groups excluding carboxylic acids is 2. The minimum atomic E-state index is -0.333. The van der Waals surface area contributed by atoms with Gasteiger partial charge in [0, 0.05) is 23.8 Å². The van der Waals surface area contributed by atoms with E-state index in [9.17, 15) is 14.0 Å². The van der Waals surface area contributed by atoms with E-state index < -0.39 is 0 Å². The highest BCUT2D eigenvalue weighted by Gasteiger charge is 2.20. The first-order valence-electron chi connectivity index (χ1n) is 10.4. The first-order valence-corrected chi connectivity index (χ1v) is 11.3. The van der Waals surface area contributed by atoms with Gasteiger partial charge in [-0.1, -0.05) is 30.0 Å². The van der Waals surface area contributed by atoms with Gasteiger partial charge in [-0.15, -0.1) is 10.2 Å². The molecule has 3 aromatic rings. The molecule has 2 amide bonds. The van der Waals surface area contributed by atoms with Crippen LogP contribution in [0.3, 0.4) is 0 Å². The van der Waals surface area contributed by atoms with Gasteiger partial charge in [0.05, 0.1) is 12.3 Å². The number of para-hydroxylation sites is 1. The quantitative estimate of drug-likeness (QED) is 0.499. The molecular weight excluding hydrogens is 429 g/mol. The highest BCUT2D eigenvalue weighted by Crippen LogP contribution is 2.28. The summed E-state index contributed by atoms with van der Waals surface area (Å²) in [6, 6.07) is 15.6. The van der Waals surface area contributed by atoms with E-state index in [0.717, 1.165) is 5.69 Å². The summed E-state index contributed by atoms with van der Waals surface area (Å²) in [7, 11) is 0. The van der Waals surface area contributed by atoms with Crippen molar-refractivity contribution in [1.29, 1.82) is 0 Å². The molecule has 1 heterocycles. The third kappa shape index (κ3) is 5.94. The Kier molecular flexibility index (Phi) is 7.99. The Bertz CT molecular complexity index is 1050. The maximum absolute atomic E-state index is 13.4. The number of nitrogens with zero attached hydrogens (tertiary/aromatic N) is 4. The molecule has 7 nitrogen and oxygen atoms in total. The summed E-state index contributed by atoms with van der Waals surface area (Å²) in [6.07, 6.45) is 0. The van der Waals surface area contributed by atoms with Crippen molar-refractivity contribution in [2.75, 3.05) is 18.8 Å². The summed E-state index contributed by atoms with van der Waals surface area (Å²) in [6.45, 7) is 6.03. The zero-order chi connectivity index (χ0) is 23.1. The molecule has 0 aliphatic carbocycles. The van der Waals surface area contributed by atoms with Crippen LogP contribution in [0.25, 0.3) is 17.1 Å². The molecule has 0 aliphatic heterocycles. The monoisotopic (exact) mass is 455 g/mol. The van der Waals surface area contributed by atoms with Gasteiger partial charge in [-0.05, 0) is 57.2 Å². The highest BCUT2D eigenvalue weighted by atomic mass is 32.2. The molecule has 0 radical (unpaired) electrons. The standard InChI is InChI=1S/C23H26FN5O2S/c1-4-28(14-20(30)25-16(2)3)21(31)15-32-23-27-26-22(17-10-12-18(24)13-11-17)29(23)19-8-6-5-7-9-19/h5-13,16H,4,14-15H2,1-3H3,(H,25,30). The number of thioether (sulfide) groups is 1. The highest BCUT2D eigenvalue weighted by molar-refractivity contribution is 7.99. The van der Waals surface area contributed by atoms with Gasteiger partial charge in [0.25, 0.3) is 0 Å². The van der Waals surface area contributed by atoms with Crippen molar-refractivity contribution >= 4 is 23.6 Å². The lowest BCUT2D eigenvalue weighted by Gasteiger charge is -2.21. The summed E-state index contributed by atoms with van der Waals surface area (Å²) in [5.41, 5.74) is 1.54. The maximum Gasteiger partial charge on any atom is 0.239 e. The lowest BCUT2D eigenvalue weighted by Crippen LogP contribution is -2.43. The number of halogens is 1. The molecular formula is C23H26FN5O2S. The second-order valence-corrected chi connectivity index (χ2v) is 8.35. The number of nitrogens with one attached hydrogen (secondary N) is 1. The molecule has 0 atom stereocenters. The van der Waals surface area contributed by atoms with Crippen molar-refractivity contribution in [2.24, 2.45) is 0 Å². The third-order valence-corrected chi connectivity index (χ3v) is 5.51. The Morgan fingerprint density at radius 3 is 2.41 bits per heavy atom. The van der Waals surface area contributed by atoms with E-state index in [1.807, 2.05) is 55.7 Å². The van der Waals surface area contributed by atoms with Crippen molar-refractivity contribution in [3.63, 3.8) is 0 Å². The fourth-order valence-corrected chi connectivity index (χ4v) is 3.95. The summed E-state index contributed by atoms with van der Waals surface area (Å²) in [5.74, 6) is -0.0266. The van der Waals surface area contributed by atoms with Crippen LogP contribution in [0, 0.1) is 5.82 Å². The molecule has 1 aromatic heterocycles. The summed E-state index contributed by atoms with van der Waals surface area (Å²) >= 11 is 1.25. The van der Waals surface area contributed by atoms with Crippen LogP contribution >= 0.6 is 11.8 Å². The SMILES string of the molecule is CCN(CC(=O)NC(C)C)C(=O)CSc1nnc(-c2ccc(F)cc2)n1-c1ccccc1. The molecule has 0 spiro atoms. The minimum absolute atomic E-state index is 0.0139. The van der Waals surface area contributed by atoms with Crippen LogP contribution in [0.15, 0.2) is 59.8 Å². The van der Waals surface area contributed by atoms with Crippen LogP contribution in [0.4, 0.5) is 4.39 Å². The number of likely N-dealkylation sites (N-methyl/N-ethyl adjacent to an activating group) is 1. The van der Waals surface area contributed by atoms with E-state index >= 15 is 0 Å². The Balaban J connectivity index is 1.81. The molecule has 0 saturated heterocycles. The number of hydrogen-bond acceptors (Lipinski definition) is 5. The number of rotatable bonds is 9. The maximum atomic E-state index is 13.4. The zero-order valence-electron chi connectivity index (χ0n) is 18.3. The molecule has 32 heavy (non-hydrogen) atoms. The van der Waals surface area contributed by atoms with Crippen molar-refractivity contribution < 1.29 is 14.0 Å². The predicted molar refractivity (Wildman–Crippen MR) is 123 cm³/mol. The van der Waals surface area contributed by atoms with Gasteiger partial charge < -0.3 is 10.2 Å². The average molecular weight is 456 g/mol. The van der Waals surface area contributed by atoms with E-state index in [2.05, 4.69) is 15.5 Å². The third-order valence-electron chi connectivity index (χ3n) is 4.59. The fourth-order valence-electron chi connectivity index (χ4n) is 3.09.